The van der Waals surface area contributed by atoms with E-state index >= 15 is 0 Å². The Kier molecular flexibility index (Phi) is 5.40. The zero-order valence-corrected chi connectivity index (χ0v) is 18.7. The topological polar surface area (TPSA) is 55.1 Å². The average Bonchev–Trinajstić information content (AvgIpc) is 3.14. The van der Waals surface area contributed by atoms with E-state index in [1.807, 2.05) is 37.3 Å². The van der Waals surface area contributed by atoms with Gasteiger partial charge in [-0.05, 0) is 41.2 Å². The molecule has 1 heterocycles. The first-order chi connectivity index (χ1) is 14.8. The van der Waals surface area contributed by atoms with Gasteiger partial charge in [-0.3, -0.25) is 4.79 Å². The van der Waals surface area contributed by atoms with Crippen LogP contribution < -0.4 is 5.32 Å². The van der Waals surface area contributed by atoms with Crippen molar-refractivity contribution in [2.45, 2.75) is 46.1 Å². The maximum absolute atomic E-state index is 13.3. The number of hydrogen-bond acceptors (Lipinski definition) is 3. The van der Waals surface area contributed by atoms with Crippen molar-refractivity contribution >= 4 is 16.7 Å². The lowest BCUT2D eigenvalue weighted by Crippen LogP contribution is -2.27. The lowest BCUT2D eigenvalue weighted by atomic mass is 9.86. The summed E-state index contributed by atoms with van der Waals surface area (Å²) in [4.78, 5) is 13.3. The van der Waals surface area contributed by atoms with E-state index < -0.39 is 0 Å². The molecule has 0 saturated carbocycles. The number of fused-ring (bicyclic) bond motifs is 1. The molecule has 0 saturated heterocycles. The van der Waals surface area contributed by atoms with E-state index in [2.05, 4.69) is 67.6 Å². The van der Waals surface area contributed by atoms with Gasteiger partial charge in [0, 0.05) is 5.56 Å². The number of amides is 1. The van der Waals surface area contributed by atoms with E-state index in [1.165, 1.54) is 5.56 Å². The van der Waals surface area contributed by atoms with Crippen LogP contribution in [0.3, 0.4) is 0 Å². The number of aryl methyl sites for hydroxylation is 1. The second-order valence-electron chi connectivity index (χ2n) is 9.06. The Bertz CT molecular complexity index is 1230. The van der Waals surface area contributed by atoms with Crippen LogP contribution in [0.5, 0.6) is 0 Å². The van der Waals surface area contributed by atoms with Crippen molar-refractivity contribution in [3.63, 3.8) is 0 Å². The molecule has 0 aliphatic heterocycles. The monoisotopic (exact) mass is 412 g/mol. The molecule has 0 aliphatic carbocycles. The molecule has 4 aromatic rings. The van der Waals surface area contributed by atoms with Gasteiger partial charge < -0.3 is 9.84 Å². The molecule has 0 spiro atoms. The van der Waals surface area contributed by atoms with Crippen LogP contribution in [-0.2, 0) is 5.41 Å². The highest BCUT2D eigenvalue weighted by atomic mass is 16.5. The summed E-state index contributed by atoms with van der Waals surface area (Å²) < 4.78 is 5.57. The van der Waals surface area contributed by atoms with E-state index in [4.69, 9.17) is 4.52 Å². The van der Waals surface area contributed by atoms with Gasteiger partial charge >= 0.3 is 0 Å². The van der Waals surface area contributed by atoms with E-state index in [-0.39, 0.29) is 17.4 Å². The third-order valence-corrected chi connectivity index (χ3v) is 5.74. The summed E-state index contributed by atoms with van der Waals surface area (Å²) in [6.45, 7) is 10.3. The molecule has 0 bridgehead atoms. The molecule has 3 aromatic carbocycles. The predicted octanol–water partition coefficient (Wildman–Crippen LogP) is 6.59. The van der Waals surface area contributed by atoms with Gasteiger partial charge in [-0.2, -0.15) is 0 Å². The molecule has 1 amide bonds. The highest BCUT2D eigenvalue weighted by molar-refractivity contribution is 6.01. The Hall–Kier alpha value is -3.40. The first kappa shape index (κ1) is 20.9. The average molecular weight is 413 g/mol. The molecule has 0 aliphatic rings. The van der Waals surface area contributed by atoms with Gasteiger partial charge in [0.25, 0.3) is 5.91 Å². The summed E-state index contributed by atoms with van der Waals surface area (Å²) in [5, 5.41) is 9.51. The lowest BCUT2D eigenvalue weighted by molar-refractivity contribution is 0.0940. The van der Waals surface area contributed by atoms with Gasteiger partial charge in [-0.15, -0.1) is 0 Å². The van der Waals surface area contributed by atoms with Crippen LogP contribution >= 0.6 is 0 Å². The van der Waals surface area contributed by atoms with Crippen LogP contribution in [0, 0.1) is 6.92 Å². The maximum Gasteiger partial charge on any atom is 0.257 e. The second-order valence-corrected chi connectivity index (χ2v) is 9.06. The van der Waals surface area contributed by atoms with Crippen LogP contribution in [0.1, 0.15) is 60.9 Å². The number of nitrogens with one attached hydrogen (secondary N) is 1. The first-order valence-corrected chi connectivity index (χ1v) is 10.6. The van der Waals surface area contributed by atoms with Crippen molar-refractivity contribution < 1.29 is 9.32 Å². The smallest absolute Gasteiger partial charge is 0.257 e. The molecule has 31 heavy (non-hydrogen) atoms. The molecule has 4 rings (SSSR count). The standard InChI is InChI=1S/C27H28N2O2/c1-17(22-12-8-10-19-9-6-7-11-23(19)22)28-26(30)24-18(2)29-31-25(24)20-13-15-21(16-14-20)27(3,4)5/h6-17H,1-5H3,(H,28,30)/t17-/m1/s1. The minimum absolute atomic E-state index is 0.0595. The van der Waals surface area contributed by atoms with E-state index in [0.29, 0.717) is 17.0 Å². The summed E-state index contributed by atoms with van der Waals surface area (Å²) in [5.41, 5.74) is 4.27. The molecule has 1 N–H and O–H groups in total. The Labute approximate surface area is 183 Å². The Morgan fingerprint density at radius 2 is 1.65 bits per heavy atom. The zero-order chi connectivity index (χ0) is 22.2. The Balaban J connectivity index is 1.63. The van der Waals surface area contributed by atoms with Crippen LogP contribution in [0.15, 0.2) is 71.3 Å². The molecular formula is C27H28N2O2. The fraction of sp³-hybridized carbons (Fsp3) is 0.259. The van der Waals surface area contributed by atoms with Gasteiger partial charge in [-0.25, -0.2) is 0 Å². The van der Waals surface area contributed by atoms with Crippen molar-refractivity contribution in [3.8, 4) is 11.3 Å². The van der Waals surface area contributed by atoms with Crippen molar-refractivity contribution in [1.82, 2.24) is 10.5 Å². The van der Waals surface area contributed by atoms with E-state index in [0.717, 1.165) is 21.9 Å². The van der Waals surface area contributed by atoms with E-state index in [1.54, 1.807) is 6.92 Å². The second kappa shape index (κ2) is 8.03. The first-order valence-electron chi connectivity index (χ1n) is 10.6. The van der Waals surface area contributed by atoms with Crippen LogP contribution in [0.2, 0.25) is 0 Å². The van der Waals surface area contributed by atoms with Crippen molar-refractivity contribution in [1.29, 1.82) is 0 Å². The molecule has 1 atom stereocenters. The van der Waals surface area contributed by atoms with Crippen LogP contribution in [0.4, 0.5) is 0 Å². The SMILES string of the molecule is Cc1noc(-c2ccc(C(C)(C)C)cc2)c1C(=O)N[C@H](C)c1cccc2ccccc12. The van der Waals surface area contributed by atoms with Gasteiger partial charge in [0.2, 0.25) is 0 Å². The van der Waals surface area contributed by atoms with Crippen molar-refractivity contribution in [2.24, 2.45) is 0 Å². The van der Waals surface area contributed by atoms with Gasteiger partial charge in [0.15, 0.2) is 5.76 Å². The van der Waals surface area contributed by atoms with Crippen molar-refractivity contribution in [3.05, 3.63) is 89.1 Å². The molecule has 0 unspecified atom stereocenters. The highest BCUT2D eigenvalue weighted by Crippen LogP contribution is 2.30. The highest BCUT2D eigenvalue weighted by Gasteiger charge is 2.24. The summed E-state index contributed by atoms with van der Waals surface area (Å²) >= 11 is 0. The van der Waals surface area contributed by atoms with Crippen LogP contribution in [0.25, 0.3) is 22.1 Å². The largest absolute Gasteiger partial charge is 0.355 e. The minimum atomic E-state index is -0.186. The summed E-state index contributed by atoms with van der Waals surface area (Å²) in [5.74, 6) is 0.315. The quantitative estimate of drug-likeness (QED) is 0.411. The van der Waals surface area contributed by atoms with Gasteiger partial charge in [0.05, 0.1) is 11.7 Å². The molecule has 1 aromatic heterocycles. The molecular weight excluding hydrogens is 384 g/mol. The number of hydrogen-bond donors (Lipinski definition) is 1. The van der Waals surface area contributed by atoms with Gasteiger partial charge in [0.1, 0.15) is 5.56 Å². The number of carbonyl (C=O) groups excluding carboxylic acids is 1. The zero-order valence-electron chi connectivity index (χ0n) is 18.7. The number of nitrogens with zero attached hydrogens (tertiary/aromatic N) is 1. The summed E-state index contributed by atoms with van der Waals surface area (Å²) in [6, 6.07) is 22.3. The molecule has 158 valence electrons. The number of aromatic nitrogens is 1. The minimum Gasteiger partial charge on any atom is -0.355 e. The summed E-state index contributed by atoms with van der Waals surface area (Å²) in [7, 11) is 0. The number of benzene rings is 3. The number of carbonyl (C=O) groups is 1. The molecule has 4 nitrogen and oxygen atoms in total. The fourth-order valence-electron chi connectivity index (χ4n) is 3.93. The number of rotatable bonds is 4. The van der Waals surface area contributed by atoms with Gasteiger partial charge in [-0.1, -0.05) is 92.7 Å². The Morgan fingerprint density at radius 1 is 0.968 bits per heavy atom. The molecule has 4 heteroatoms. The normalized spacial score (nSPS) is 12.7. The third kappa shape index (κ3) is 4.11. The fourth-order valence-corrected chi connectivity index (χ4v) is 3.93. The maximum atomic E-state index is 13.3. The molecule has 0 radical (unpaired) electrons. The van der Waals surface area contributed by atoms with Crippen LogP contribution in [-0.4, -0.2) is 11.1 Å². The third-order valence-electron chi connectivity index (χ3n) is 5.74. The lowest BCUT2D eigenvalue weighted by Gasteiger charge is -2.19. The molecule has 0 fully saturated rings. The van der Waals surface area contributed by atoms with Crippen molar-refractivity contribution in [2.75, 3.05) is 0 Å². The van der Waals surface area contributed by atoms with E-state index in [9.17, 15) is 4.79 Å². The summed E-state index contributed by atoms with van der Waals surface area (Å²) in [6.07, 6.45) is 0. The predicted molar refractivity (Wildman–Crippen MR) is 125 cm³/mol. The Morgan fingerprint density at radius 3 is 2.35 bits per heavy atom.